The lowest BCUT2D eigenvalue weighted by atomic mass is 10.1. The highest BCUT2D eigenvalue weighted by Crippen LogP contribution is 2.32. The van der Waals surface area contributed by atoms with Crippen molar-refractivity contribution in [2.24, 2.45) is 0 Å². The molecule has 0 radical (unpaired) electrons. The lowest BCUT2D eigenvalue weighted by molar-refractivity contribution is 0.0938. The highest BCUT2D eigenvalue weighted by atomic mass is 35.5. The average molecular weight is 532 g/mol. The van der Waals surface area contributed by atoms with E-state index in [-0.39, 0.29) is 5.91 Å². The number of hydrogen-bond acceptors (Lipinski definition) is 4. The molecule has 3 aromatic carbocycles. The molecule has 174 valence electrons. The van der Waals surface area contributed by atoms with Crippen molar-refractivity contribution in [2.75, 3.05) is 0 Å². The Balaban J connectivity index is 1.66. The molecule has 1 amide bonds. The molecule has 0 fully saturated rings. The predicted octanol–water partition coefficient (Wildman–Crippen LogP) is 7.32. The minimum absolute atomic E-state index is 0.241. The topological polar surface area (TPSA) is 59.8 Å². The Morgan fingerprint density at radius 1 is 1.00 bits per heavy atom. The van der Waals surface area contributed by atoms with Crippen LogP contribution in [0.3, 0.4) is 0 Å². The third-order valence-electron chi connectivity index (χ3n) is 5.27. The van der Waals surface area contributed by atoms with Crippen LogP contribution < -0.4 is 5.32 Å². The number of carbonyl (C=O) groups excluding carboxylic acids is 1. The molecule has 9 heteroatoms. The van der Waals surface area contributed by atoms with E-state index in [1.54, 1.807) is 48.2 Å². The van der Waals surface area contributed by atoms with Gasteiger partial charge in [-0.1, -0.05) is 70.8 Å². The maximum absolute atomic E-state index is 12.8. The fourth-order valence-corrected chi connectivity index (χ4v) is 5.05. The van der Waals surface area contributed by atoms with Crippen molar-refractivity contribution in [1.29, 1.82) is 0 Å². The maximum atomic E-state index is 12.8. The number of halogens is 3. The van der Waals surface area contributed by atoms with Gasteiger partial charge in [0.1, 0.15) is 0 Å². The number of aryl methyl sites for hydroxylation is 1. The van der Waals surface area contributed by atoms with E-state index in [1.165, 1.54) is 11.1 Å². The summed E-state index contributed by atoms with van der Waals surface area (Å²) in [6.45, 7) is 3.93. The van der Waals surface area contributed by atoms with Crippen molar-refractivity contribution in [3.8, 4) is 5.69 Å². The molecule has 1 aromatic heterocycles. The number of nitrogens with zero attached hydrogens (tertiary/aromatic N) is 3. The van der Waals surface area contributed by atoms with E-state index in [2.05, 4.69) is 34.6 Å². The van der Waals surface area contributed by atoms with E-state index in [4.69, 9.17) is 34.8 Å². The molecule has 34 heavy (non-hydrogen) atoms. The second-order valence-corrected chi connectivity index (χ2v) is 9.91. The number of hydrogen-bond donors (Lipinski definition) is 1. The van der Waals surface area contributed by atoms with Gasteiger partial charge in [-0.05, 0) is 67.4 Å². The molecule has 1 unspecified atom stereocenters. The van der Waals surface area contributed by atoms with Crippen LogP contribution in [0.2, 0.25) is 15.1 Å². The van der Waals surface area contributed by atoms with E-state index in [1.807, 2.05) is 29.7 Å². The van der Waals surface area contributed by atoms with Gasteiger partial charge >= 0.3 is 0 Å². The van der Waals surface area contributed by atoms with E-state index in [0.29, 0.717) is 43.1 Å². The summed E-state index contributed by atoms with van der Waals surface area (Å²) in [5.41, 5.74) is 3.59. The third-order valence-corrected chi connectivity index (χ3v) is 7.04. The van der Waals surface area contributed by atoms with Crippen LogP contribution in [0, 0.1) is 6.92 Å². The van der Waals surface area contributed by atoms with Crippen molar-refractivity contribution < 1.29 is 4.79 Å². The van der Waals surface area contributed by atoms with Crippen LogP contribution >= 0.6 is 46.6 Å². The van der Waals surface area contributed by atoms with Gasteiger partial charge in [0.15, 0.2) is 11.0 Å². The van der Waals surface area contributed by atoms with Crippen LogP contribution in [-0.4, -0.2) is 20.7 Å². The number of aromatic nitrogens is 3. The normalized spacial score (nSPS) is 11.9. The van der Waals surface area contributed by atoms with Crippen LogP contribution in [0.25, 0.3) is 5.69 Å². The van der Waals surface area contributed by atoms with Gasteiger partial charge in [0.2, 0.25) is 0 Å². The smallest absolute Gasteiger partial charge is 0.251 e. The molecule has 1 atom stereocenters. The van der Waals surface area contributed by atoms with Crippen LogP contribution in [0.5, 0.6) is 0 Å². The zero-order valence-corrected chi connectivity index (χ0v) is 21.5. The third kappa shape index (κ3) is 5.58. The van der Waals surface area contributed by atoms with Gasteiger partial charge in [-0.3, -0.25) is 9.36 Å². The molecule has 0 saturated carbocycles. The molecule has 0 spiro atoms. The SMILES string of the molecule is Cc1ccccc1CSc1nnc(C(C)NC(=O)c2ccc(Cl)cc2)n1-c1ccc(Cl)cc1Cl. The Labute approximate surface area is 217 Å². The summed E-state index contributed by atoms with van der Waals surface area (Å²) in [6.07, 6.45) is 0. The van der Waals surface area contributed by atoms with Gasteiger partial charge in [-0.25, -0.2) is 0 Å². The second-order valence-electron chi connectivity index (χ2n) is 7.69. The fourth-order valence-electron chi connectivity index (χ4n) is 3.40. The van der Waals surface area contributed by atoms with Crippen LogP contribution in [-0.2, 0) is 5.75 Å². The zero-order valence-electron chi connectivity index (χ0n) is 18.4. The summed E-state index contributed by atoms with van der Waals surface area (Å²) >= 11 is 20.2. The van der Waals surface area contributed by atoms with Gasteiger partial charge in [0, 0.05) is 21.4 Å². The number of benzene rings is 3. The lowest BCUT2D eigenvalue weighted by Crippen LogP contribution is -2.28. The number of amides is 1. The number of thioether (sulfide) groups is 1. The maximum Gasteiger partial charge on any atom is 0.251 e. The Hall–Kier alpha value is -2.51. The highest BCUT2D eigenvalue weighted by molar-refractivity contribution is 7.98. The van der Waals surface area contributed by atoms with Crippen molar-refractivity contribution in [3.05, 3.63) is 104 Å². The Kier molecular flexibility index (Phi) is 7.84. The van der Waals surface area contributed by atoms with Gasteiger partial charge in [-0.15, -0.1) is 10.2 Å². The van der Waals surface area contributed by atoms with Gasteiger partial charge in [0.25, 0.3) is 5.91 Å². The summed E-state index contributed by atoms with van der Waals surface area (Å²) < 4.78 is 1.87. The summed E-state index contributed by atoms with van der Waals surface area (Å²) in [5, 5.41) is 14.0. The first-order valence-electron chi connectivity index (χ1n) is 10.5. The molecule has 4 aromatic rings. The summed E-state index contributed by atoms with van der Waals surface area (Å²) in [5.74, 6) is 1.02. The van der Waals surface area contributed by atoms with Crippen LogP contribution in [0.15, 0.2) is 71.9 Å². The standard InChI is InChI=1S/C25H21Cl3N4OS/c1-15-5-3-4-6-18(15)14-34-25-31-30-23(32(25)22-12-11-20(27)13-21(22)28)16(2)29-24(33)17-7-9-19(26)10-8-17/h3-13,16H,14H2,1-2H3,(H,29,33). The molecule has 5 nitrogen and oxygen atoms in total. The molecule has 0 bridgehead atoms. The van der Waals surface area contributed by atoms with Crippen LogP contribution in [0.1, 0.15) is 40.3 Å². The molecule has 1 N–H and O–H groups in total. The fraction of sp³-hybridized carbons (Fsp3) is 0.160. The molecule has 1 heterocycles. The second kappa shape index (κ2) is 10.8. The molecule has 0 aliphatic carbocycles. The van der Waals surface area contributed by atoms with Crippen LogP contribution in [0.4, 0.5) is 0 Å². The predicted molar refractivity (Wildman–Crippen MR) is 139 cm³/mol. The average Bonchev–Trinajstić information content (AvgIpc) is 3.22. The van der Waals surface area contributed by atoms with E-state index in [0.717, 1.165) is 0 Å². The van der Waals surface area contributed by atoms with E-state index >= 15 is 0 Å². The summed E-state index contributed by atoms with van der Waals surface area (Å²) in [6, 6.07) is 19.7. The minimum Gasteiger partial charge on any atom is -0.342 e. The monoisotopic (exact) mass is 530 g/mol. The van der Waals surface area contributed by atoms with Gasteiger partial charge < -0.3 is 5.32 Å². The molecule has 0 aliphatic rings. The highest BCUT2D eigenvalue weighted by Gasteiger charge is 2.23. The van der Waals surface area contributed by atoms with E-state index in [9.17, 15) is 4.79 Å². The van der Waals surface area contributed by atoms with Crippen molar-refractivity contribution in [1.82, 2.24) is 20.1 Å². The number of carbonyl (C=O) groups is 1. The number of rotatable bonds is 7. The first kappa shape index (κ1) is 24.6. The Morgan fingerprint density at radius 3 is 2.41 bits per heavy atom. The summed E-state index contributed by atoms with van der Waals surface area (Å²) in [7, 11) is 0. The Morgan fingerprint density at radius 2 is 1.71 bits per heavy atom. The lowest BCUT2D eigenvalue weighted by Gasteiger charge is -2.17. The van der Waals surface area contributed by atoms with E-state index < -0.39 is 6.04 Å². The number of nitrogens with one attached hydrogen (secondary N) is 1. The quantitative estimate of drug-likeness (QED) is 0.254. The zero-order chi connectivity index (χ0) is 24.2. The molecular formula is C25H21Cl3N4OS. The minimum atomic E-state index is -0.449. The summed E-state index contributed by atoms with van der Waals surface area (Å²) in [4.78, 5) is 12.8. The molecule has 0 saturated heterocycles. The van der Waals surface area contributed by atoms with Crippen molar-refractivity contribution in [3.63, 3.8) is 0 Å². The first-order valence-corrected chi connectivity index (χ1v) is 12.6. The largest absolute Gasteiger partial charge is 0.342 e. The van der Waals surface area contributed by atoms with Crippen molar-refractivity contribution >= 4 is 52.5 Å². The molecule has 4 rings (SSSR count). The van der Waals surface area contributed by atoms with Crippen molar-refractivity contribution in [2.45, 2.75) is 30.8 Å². The van der Waals surface area contributed by atoms with Gasteiger partial charge in [0.05, 0.1) is 16.8 Å². The Bertz CT molecular complexity index is 1320. The first-order chi connectivity index (χ1) is 16.3. The molecular weight excluding hydrogens is 511 g/mol. The van der Waals surface area contributed by atoms with Gasteiger partial charge in [-0.2, -0.15) is 0 Å². The molecule has 0 aliphatic heterocycles.